The highest BCUT2D eigenvalue weighted by Gasteiger charge is 2.34. The summed E-state index contributed by atoms with van der Waals surface area (Å²) in [5, 5.41) is 11.6. The van der Waals surface area contributed by atoms with Crippen molar-refractivity contribution < 1.29 is 39.5 Å². The standard InChI is InChI=1S/C40H20F9N3/c41-38(42,43)24-7-5-6-23(18-24)37-35(51-31-10-3-1-8-27(31)29-19-25(39(44,45)46)12-14-33(29)51)16-22(21-50)17-36(37)52-32-11-4-2-9-28(32)30-20-26(40(47,48)49)13-15-34(30)52/h1-20H. The fraction of sp³-hybridized carbons (Fsp3) is 0.0750. The van der Waals surface area contributed by atoms with Crippen LogP contribution in [0.25, 0.3) is 66.1 Å². The van der Waals surface area contributed by atoms with E-state index in [4.69, 9.17) is 0 Å². The Morgan fingerprint density at radius 1 is 0.423 bits per heavy atom. The van der Waals surface area contributed by atoms with E-state index in [2.05, 4.69) is 6.07 Å². The second kappa shape index (κ2) is 11.4. The summed E-state index contributed by atoms with van der Waals surface area (Å²) in [7, 11) is 0. The van der Waals surface area contributed by atoms with Crippen LogP contribution in [0.15, 0.2) is 121 Å². The average molecular weight is 714 g/mol. The maximum Gasteiger partial charge on any atom is 0.416 e. The predicted molar refractivity (Wildman–Crippen MR) is 180 cm³/mol. The Labute approximate surface area is 288 Å². The number of halogens is 9. The molecule has 0 fully saturated rings. The first-order valence-corrected chi connectivity index (χ1v) is 15.6. The molecule has 6 aromatic carbocycles. The number of nitrogens with zero attached hydrogens (tertiary/aromatic N) is 3. The van der Waals surface area contributed by atoms with E-state index in [1.54, 1.807) is 57.7 Å². The van der Waals surface area contributed by atoms with Crippen molar-refractivity contribution in [3.05, 3.63) is 144 Å². The van der Waals surface area contributed by atoms with Crippen LogP contribution in [0.4, 0.5) is 39.5 Å². The maximum absolute atomic E-state index is 14.2. The zero-order valence-corrected chi connectivity index (χ0v) is 26.3. The van der Waals surface area contributed by atoms with Gasteiger partial charge in [-0.15, -0.1) is 0 Å². The molecule has 0 aliphatic carbocycles. The second-order valence-electron chi connectivity index (χ2n) is 12.2. The van der Waals surface area contributed by atoms with Gasteiger partial charge in [0.25, 0.3) is 0 Å². The molecule has 258 valence electrons. The third kappa shape index (κ3) is 5.23. The molecule has 12 heteroatoms. The first-order chi connectivity index (χ1) is 24.6. The molecule has 0 aliphatic rings. The van der Waals surface area contributed by atoms with E-state index in [0.717, 1.165) is 36.4 Å². The Hall–Kier alpha value is -6.22. The number of para-hydroxylation sites is 2. The molecule has 0 bridgehead atoms. The Morgan fingerprint density at radius 2 is 0.846 bits per heavy atom. The van der Waals surface area contributed by atoms with Crippen molar-refractivity contribution >= 4 is 43.6 Å². The molecule has 0 saturated carbocycles. The van der Waals surface area contributed by atoms with Crippen molar-refractivity contribution in [2.24, 2.45) is 0 Å². The molecule has 52 heavy (non-hydrogen) atoms. The normalized spacial score (nSPS) is 12.7. The van der Waals surface area contributed by atoms with Gasteiger partial charge in [-0.05, 0) is 78.4 Å². The SMILES string of the molecule is N#Cc1cc(-n2c3ccccc3c3cc(C(F)(F)F)ccc32)c(-c2cccc(C(F)(F)F)c2)c(-n2c3ccccc3c3cc(C(F)(F)F)ccc32)c1. The number of aromatic nitrogens is 2. The summed E-state index contributed by atoms with van der Waals surface area (Å²) in [6, 6.07) is 29.0. The Kier molecular flexibility index (Phi) is 7.22. The van der Waals surface area contributed by atoms with Crippen molar-refractivity contribution in [2.75, 3.05) is 0 Å². The first-order valence-electron chi connectivity index (χ1n) is 15.6. The number of hydrogen-bond acceptors (Lipinski definition) is 1. The van der Waals surface area contributed by atoms with Gasteiger partial charge in [-0.2, -0.15) is 44.8 Å². The van der Waals surface area contributed by atoms with Crippen LogP contribution in [0.3, 0.4) is 0 Å². The highest BCUT2D eigenvalue weighted by atomic mass is 19.4. The minimum atomic E-state index is -4.76. The molecule has 0 unspecified atom stereocenters. The molecular formula is C40H20F9N3. The van der Waals surface area contributed by atoms with Gasteiger partial charge in [-0.25, -0.2) is 0 Å². The second-order valence-corrected chi connectivity index (χ2v) is 12.2. The van der Waals surface area contributed by atoms with Crippen molar-refractivity contribution in [1.29, 1.82) is 5.26 Å². The Bertz CT molecular complexity index is 2620. The van der Waals surface area contributed by atoms with E-state index >= 15 is 0 Å². The molecule has 2 heterocycles. The minimum absolute atomic E-state index is 0.0383. The third-order valence-electron chi connectivity index (χ3n) is 9.19. The number of rotatable bonds is 3. The molecule has 2 aromatic heterocycles. The topological polar surface area (TPSA) is 33.6 Å². The van der Waals surface area contributed by atoms with Gasteiger partial charge in [0.2, 0.25) is 0 Å². The molecule has 0 N–H and O–H groups in total. The van der Waals surface area contributed by atoms with Gasteiger partial charge in [0.15, 0.2) is 0 Å². The lowest BCUT2D eigenvalue weighted by atomic mass is 9.96. The first kappa shape index (κ1) is 33.0. The summed E-state index contributed by atoms with van der Waals surface area (Å²) < 4.78 is 129. The lowest BCUT2D eigenvalue weighted by molar-refractivity contribution is -0.138. The average Bonchev–Trinajstić information content (AvgIpc) is 3.62. The van der Waals surface area contributed by atoms with Gasteiger partial charge >= 0.3 is 18.5 Å². The van der Waals surface area contributed by atoms with E-state index < -0.39 is 35.2 Å². The molecule has 0 amide bonds. The highest BCUT2D eigenvalue weighted by molar-refractivity contribution is 6.12. The van der Waals surface area contributed by atoms with Crippen LogP contribution in [-0.2, 0) is 18.5 Å². The summed E-state index contributed by atoms with van der Waals surface area (Å²) in [5.74, 6) is 0. The van der Waals surface area contributed by atoms with Gasteiger partial charge < -0.3 is 9.13 Å². The van der Waals surface area contributed by atoms with Crippen LogP contribution >= 0.6 is 0 Å². The van der Waals surface area contributed by atoms with Gasteiger partial charge in [-0.3, -0.25) is 0 Å². The van der Waals surface area contributed by atoms with E-state index in [-0.39, 0.29) is 49.9 Å². The maximum atomic E-state index is 14.2. The highest BCUT2D eigenvalue weighted by Crippen LogP contribution is 2.45. The van der Waals surface area contributed by atoms with Gasteiger partial charge in [0.1, 0.15) is 0 Å². The lowest BCUT2D eigenvalue weighted by Gasteiger charge is -2.21. The minimum Gasteiger partial charge on any atom is -0.308 e. The number of alkyl halides is 9. The lowest BCUT2D eigenvalue weighted by Crippen LogP contribution is -2.08. The predicted octanol–water partition coefficient (Wildman–Crippen LogP) is 12.5. The fourth-order valence-corrected chi connectivity index (χ4v) is 6.99. The van der Waals surface area contributed by atoms with Crippen molar-refractivity contribution in [3.8, 4) is 28.6 Å². The van der Waals surface area contributed by atoms with E-state index in [1.807, 2.05) is 0 Å². The van der Waals surface area contributed by atoms with Crippen LogP contribution in [0.5, 0.6) is 0 Å². The molecule has 0 saturated heterocycles. The quantitative estimate of drug-likeness (QED) is 0.168. The van der Waals surface area contributed by atoms with E-state index in [1.165, 1.54) is 36.4 Å². The zero-order valence-electron chi connectivity index (χ0n) is 26.3. The number of hydrogen-bond donors (Lipinski definition) is 0. The zero-order chi connectivity index (χ0) is 36.7. The van der Waals surface area contributed by atoms with E-state index in [0.29, 0.717) is 21.8 Å². The molecule has 0 radical (unpaired) electrons. The molecule has 0 atom stereocenters. The van der Waals surface area contributed by atoms with Crippen LogP contribution < -0.4 is 0 Å². The molecule has 0 spiro atoms. The van der Waals surface area contributed by atoms with Crippen LogP contribution in [0, 0.1) is 11.3 Å². The Balaban J connectivity index is 1.57. The molecule has 8 aromatic rings. The summed E-state index contributed by atoms with van der Waals surface area (Å²) >= 11 is 0. The van der Waals surface area contributed by atoms with E-state index in [9.17, 15) is 44.8 Å². The summed E-state index contributed by atoms with van der Waals surface area (Å²) in [5.41, 5.74) is -0.875. The van der Waals surface area contributed by atoms with Crippen LogP contribution in [0.1, 0.15) is 22.3 Å². The summed E-state index contributed by atoms with van der Waals surface area (Å²) in [4.78, 5) is 0. The van der Waals surface area contributed by atoms with Gasteiger partial charge in [0.05, 0.1) is 61.8 Å². The fourth-order valence-electron chi connectivity index (χ4n) is 6.99. The Morgan fingerprint density at radius 3 is 1.29 bits per heavy atom. The molecule has 8 rings (SSSR count). The summed E-state index contributed by atoms with van der Waals surface area (Å²) in [6.07, 6.45) is -14.1. The van der Waals surface area contributed by atoms with Gasteiger partial charge in [-0.1, -0.05) is 48.5 Å². The molecule has 0 aliphatic heterocycles. The van der Waals surface area contributed by atoms with Crippen LogP contribution in [-0.4, -0.2) is 9.13 Å². The van der Waals surface area contributed by atoms with Gasteiger partial charge in [0, 0.05) is 27.1 Å². The molecule has 3 nitrogen and oxygen atoms in total. The third-order valence-corrected chi connectivity index (χ3v) is 9.19. The molecular weight excluding hydrogens is 693 g/mol. The number of nitriles is 1. The summed E-state index contributed by atoms with van der Waals surface area (Å²) in [6.45, 7) is 0. The van der Waals surface area contributed by atoms with Crippen molar-refractivity contribution in [1.82, 2.24) is 9.13 Å². The monoisotopic (exact) mass is 713 g/mol. The number of benzene rings is 6. The largest absolute Gasteiger partial charge is 0.416 e. The van der Waals surface area contributed by atoms with Crippen molar-refractivity contribution in [3.63, 3.8) is 0 Å². The van der Waals surface area contributed by atoms with Crippen LogP contribution in [0.2, 0.25) is 0 Å². The smallest absolute Gasteiger partial charge is 0.308 e. The van der Waals surface area contributed by atoms with Crippen molar-refractivity contribution in [2.45, 2.75) is 18.5 Å². The number of fused-ring (bicyclic) bond motifs is 6.